The van der Waals surface area contributed by atoms with Crippen molar-refractivity contribution >= 4 is 46.3 Å². The number of benzene rings is 1. The van der Waals surface area contributed by atoms with Gasteiger partial charge in [-0.3, -0.25) is 14.4 Å². The van der Waals surface area contributed by atoms with Crippen LogP contribution in [0.25, 0.3) is 0 Å². The van der Waals surface area contributed by atoms with Gasteiger partial charge in [-0.25, -0.2) is 4.98 Å². The Morgan fingerprint density at radius 3 is 2.83 bits per heavy atom. The van der Waals surface area contributed by atoms with Crippen molar-refractivity contribution in [2.45, 2.75) is 18.3 Å². The Balaban J connectivity index is 1.61. The number of fused-ring (bicyclic) bond motifs is 2. The van der Waals surface area contributed by atoms with Crippen LogP contribution in [0.3, 0.4) is 0 Å². The molecule has 10 heteroatoms. The van der Waals surface area contributed by atoms with Crippen LogP contribution in [0.15, 0.2) is 24.4 Å². The number of ether oxygens (including phenoxy) is 1. The van der Waals surface area contributed by atoms with E-state index in [1.54, 1.807) is 29.2 Å². The number of carbonyl (C=O) groups excluding carboxylic acids is 3. The second kappa shape index (κ2) is 7.88. The summed E-state index contributed by atoms with van der Waals surface area (Å²) in [5, 5.41) is 4.28. The zero-order chi connectivity index (χ0) is 21.5. The fraction of sp³-hybridized carbons (Fsp3) is 0.400. The molecule has 8 nitrogen and oxygen atoms in total. The summed E-state index contributed by atoms with van der Waals surface area (Å²) in [6.07, 6.45) is 2.41. The van der Waals surface area contributed by atoms with E-state index in [4.69, 9.17) is 16.3 Å². The van der Waals surface area contributed by atoms with E-state index in [0.29, 0.717) is 41.1 Å². The van der Waals surface area contributed by atoms with Crippen molar-refractivity contribution in [2.24, 2.45) is 0 Å². The van der Waals surface area contributed by atoms with Crippen LogP contribution in [0.5, 0.6) is 5.06 Å². The van der Waals surface area contributed by atoms with Crippen molar-refractivity contribution in [2.75, 3.05) is 38.7 Å². The van der Waals surface area contributed by atoms with Gasteiger partial charge in [-0.15, -0.1) is 0 Å². The maximum atomic E-state index is 13.1. The second-order valence-electron chi connectivity index (χ2n) is 7.43. The quantitative estimate of drug-likeness (QED) is 0.720. The molecule has 0 bridgehead atoms. The molecule has 3 heterocycles. The number of methoxy groups -OCH3 is 1. The van der Waals surface area contributed by atoms with Gasteiger partial charge in [0, 0.05) is 42.8 Å². The molecule has 158 valence electrons. The number of rotatable bonds is 3. The number of thiazole rings is 1. The lowest BCUT2D eigenvalue weighted by Gasteiger charge is -2.25. The molecular formula is C20H21ClN4O4S. The van der Waals surface area contributed by atoms with Gasteiger partial charge >= 0.3 is 11.8 Å². The molecule has 30 heavy (non-hydrogen) atoms. The predicted octanol–water partition coefficient (Wildman–Crippen LogP) is 1.61. The van der Waals surface area contributed by atoms with E-state index < -0.39 is 17.2 Å². The van der Waals surface area contributed by atoms with Crippen LogP contribution < -0.4 is 15.0 Å². The molecule has 4 rings (SSSR count). The fourth-order valence-electron chi connectivity index (χ4n) is 4.20. The van der Waals surface area contributed by atoms with Gasteiger partial charge in [0.05, 0.1) is 19.7 Å². The van der Waals surface area contributed by atoms with Crippen molar-refractivity contribution in [3.63, 3.8) is 0 Å². The largest absolute Gasteiger partial charge is 0.486 e. The van der Waals surface area contributed by atoms with Crippen LogP contribution in [0, 0.1) is 0 Å². The van der Waals surface area contributed by atoms with E-state index in [9.17, 15) is 14.4 Å². The molecule has 1 aromatic carbocycles. The zero-order valence-corrected chi connectivity index (χ0v) is 18.2. The third-order valence-corrected chi connectivity index (χ3v) is 6.87. The lowest BCUT2D eigenvalue weighted by Crippen LogP contribution is -2.44. The highest BCUT2D eigenvalue weighted by molar-refractivity contribution is 7.13. The normalized spacial score (nSPS) is 19.8. The summed E-state index contributed by atoms with van der Waals surface area (Å²) in [5.74, 6) is -1.27. The number of halogens is 1. The standard InChI is InChI=1S/C20H21ClN4O4S/c1-22-18(27)19(28)24-6-5-20(10-24)11-25(14-4-3-12(21)7-13(14)20)16(26)8-15-23-9-17(29-2)30-15/h3-4,7,9H,5-6,8,10-11H2,1-2H3,(H,22,27). The molecule has 2 aromatic rings. The molecule has 2 aliphatic heterocycles. The second-order valence-corrected chi connectivity index (χ2v) is 8.95. The van der Waals surface area contributed by atoms with Crippen LogP contribution >= 0.6 is 22.9 Å². The van der Waals surface area contributed by atoms with Gasteiger partial charge in [0.2, 0.25) is 5.91 Å². The van der Waals surface area contributed by atoms with Crippen molar-refractivity contribution in [1.29, 1.82) is 0 Å². The number of nitrogens with zero attached hydrogens (tertiary/aromatic N) is 3. The molecule has 1 fully saturated rings. The van der Waals surface area contributed by atoms with E-state index in [-0.39, 0.29) is 12.3 Å². The number of likely N-dealkylation sites (N-methyl/N-ethyl adjacent to an activating group) is 1. The van der Waals surface area contributed by atoms with E-state index in [0.717, 1.165) is 11.3 Å². The van der Waals surface area contributed by atoms with Gasteiger partial charge in [-0.1, -0.05) is 22.9 Å². The first-order valence-electron chi connectivity index (χ1n) is 9.47. The van der Waals surface area contributed by atoms with E-state index in [2.05, 4.69) is 10.3 Å². The zero-order valence-electron chi connectivity index (χ0n) is 16.6. The molecule has 2 aliphatic rings. The minimum absolute atomic E-state index is 0.0801. The molecule has 1 atom stereocenters. The summed E-state index contributed by atoms with van der Waals surface area (Å²) >= 11 is 7.60. The number of aromatic nitrogens is 1. The molecule has 1 spiro atoms. The Morgan fingerprint density at radius 1 is 1.33 bits per heavy atom. The van der Waals surface area contributed by atoms with E-state index >= 15 is 0 Å². The Kier molecular flexibility index (Phi) is 5.42. The van der Waals surface area contributed by atoms with Crippen molar-refractivity contribution in [3.8, 4) is 5.06 Å². The van der Waals surface area contributed by atoms with Gasteiger partial charge in [0.25, 0.3) is 0 Å². The fourth-order valence-corrected chi connectivity index (χ4v) is 5.10. The van der Waals surface area contributed by atoms with Crippen LogP contribution in [0.4, 0.5) is 5.69 Å². The van der Waals surface area contributed by atoms with Gasteiger partial charge < -0.3 is 19.9 Å². The molecule has 1 N–H and O–H groups in total. The van der Waals surface area contributed by atoms with Crippen LogP contribution in [0.2, 0.25) is 5.02 Å². The summed E-state index contributed by atoms with van der Waals surface area (Å²) in [4.78, 5) is 44.9. The van der Waals surface area contributed by atoms with Crippen LogP contribution in [-0.2, 0) is 26.2 Å². The van der Waals surface area contributed by atoms with Gasteiger partial charge in [0.15, 0.2) is 5.06 Å². The lowest BCUT2D eigenvalue weighted by atomic mass is 9.81. The van der Waals surface area contributed by atoms with Crippen molar-refractivity contribution in [1.82, 2.24) is 15.2 Å². The molecule has 1 aromatic heterocycles. The third kappa shape index (κ3) is 3.52. The molecule has 0 aliphatic carbocycles. The number of hydrogen-bond donors (Lipinski definition) is 1. The topological polar surface area (TPSA) is 91.8 Å². The molecule has 0 saturated carbocycles. The Bertz CT molecular complexity index is 1030. The Labute approximate surface area is 182 Å². The minimum Gasteiger partial charge on any atom is -0.486 e. The summed E-state index contributed by atoms with van der Waals surface area (Å²) in [7, 11) is 3.00. The highest BCUT2D eigenvalue weighted by Gasteiger charge is 2.50. The first-order chi connectivity index (χ1) is 14.4. The number of amides is 3. The number of hydrogen-bond acceptors (Lipinski definition) is 6. The van der Waals surface area contributed by atoms with Gasteiger partial charge in [-0.2, -0.15) is 0 Å². The average molecular weight is 449 g/mol. The first kappa shape index (κ1) is 20.6. The Morgan fingerprint density at radius 2 is 2.13 bits per heavy atom. The summed E-state index contributed by atoms with van der Waals surface area (Å²) in [6.45, 7) is 1.24. The Hall–Kier alpha value is -2.65. The third-order valence-electron chi connectivity index (χ3n) is 5.68. The summed E-state index contributed by atoms with van der Waals surface area (Å²) < 4.78 is 5.16. The highest BCUT2D eigenvalue weighted by Crippen LogP contribution is 2.47. The summed E-state index contributed by atoms with van der Waals surface area (Å²) in [5.41, 5.74) is 1.29. The predicted molar refractivity (Wildman–Crippen MR) is 113 cm³/mol. The summed E-state index contributed by atoms with van der Waals surface area (Å²) in [6, 6.07) is 5.47. The number of carbonyl (C=O) groups is 3. The smallest absolute Gasteiger partial charge is 0.311 e. The molecule has 1 unspecified atom stereocenters. The molecule has 0 radical (unpaired) electrons. The number of anilines is 1. The maximum absolute atomic E-state index is 13.1. The number of likely N-dealkylation sites (tertiary alicyclic amines) is 1. The highest BCUT2D eigenvalue weighted by atomic mass is 35.5. The van der Waals surface area contributed by atoms with Crippen molar-refractivity contribution in [3.05, 3.63) is 40.0 Å². The number of nitrogens with one attached hydrogen (secondary N) is 1. The van der Waals surface area contributed by atoms with Gasteiger partial charge in [-0.05, 0) is 30.2 Å². The lowest BCUT2D eigenvalue weighted by molar-refractivity contribution is -0.145. The molecule has 3 amide bonds. The van der Waals surface area contributed by atoms with Crippen LogP contribution in [0.1, 0.15) is 17.0 Å². The van der Waals surface area contributed by atoms with Crippen LogP contribution in [-0.4, -0.2) is 61.4 Å². The average Bonchev–Trinajstić information content (AvgIpc) is 3.45. The molecular weight excluding hydrogens is 428 g/mol. The van der Waals surface area contributed by atoms with E-state index in [1.165, 1.54) is 18.4 Å². The SMILES string of the molecule is CNC(=O)C(=O)N1CCC2(C1)CN(C(=O)Cc1ncc(OC)s1)c1ccc(Cl)cc12. The van der Waals surface area contributed by atoms with Gasteiger partial charge in [0.1, 0.15) is 5.01 Å². The molecule has 1 saturated heterocycles. The first-order valence-corrected chi connectivity index (χ1v) is 10.7. The monoisotopic (exact) mass is 448 g/mol. The van der Waals surface area contributed by atoms with Crippen molar-refractivity contribution < 1.29 is 19.1 Å². The maximum Gasteiger partial charge on any atom is 0.311 e. The minimum atomic E-state index is -0.637. The van der Waals surface area contributed by atoms with E-state index in [1.807, 2.05) is 12.1 Å².